The van der Waals surface area contributed by atoms with Crippen molar-refractivity contribution < 1.29 is 4.39 Å². The topological polar surface area (TPSA) is 43.8 Å². The normalized spacial score (nSPS) is 10.9. The number of halogens is 1. The molecule has 0 saturated carbocycles. The zero-order valence-electron chi connectivity index (χ0n) is 11.2. The smallest absolute Gasteiger partial charge is 0.130 e. The molecule has 0 bridgehead atoms. The van der Waals surface area contributed by atoms with Crippen LogP contribution in [-0.2, 0) is 7.05 Å². The molecule has 5 heteroatoms. The Morgan fingerprint density at radius 3 is 2.75 bits per heavy atom. The lowest BCUT2D eigenvalue weighted by atomic mass is 10.0. The van der Waals surface area contributed by atoms with E-state index in [2.05, 4.69) is 5.10 Å². The number of nitrogens with two attached hydrogens (primary N) is 1. The van der Waals surface area contributed by atoms with E-state index in [0.717, 1.165) is 27.3 Å². The minimum Gasteiger partial charge on any atom is -0.383 e. The Kier molecular flexibility index (Phi) is 3.06. The fraction of sp³-hybridized carbons (Fsp3) is 0.133. The van der Waals surface area contributed by atoms with Crippen LogP contribution in [0.4, 0.5) is 10.2 Å². The van der Waals surface area contributed by atoms with E-state index in [4.69, 9.17) is 5.73 Å². The Hall–Kier alpha value is -2.14. The number of thiophene rings is 1. The van der Waals surface area contributed by atoms with Crippen LogP contribution in [0, 0.1) is 12.7 Å². The summed E-state index contributed by atoms with van der Waals surface area (Å²) in [7, 11) is 1.81. The van der Waals surface area contributed by atoms with Crippen LogP contribution in [0.15, 0.2) is 35.7 Å². The quantitative estimate of drug-likeness (QED) is 0.778. The van der Waals surface area contributed by atoms with Crippen LogP contribution < -0.4 is 5.73 Å². The molecule has 2 heterocycles. The van der Waals surface area contributed by atoms with Gasteiger partial charge in [-0.15, -0.1) is 11.3 Å². The molecule has 3 nitrogen and oxygen atoms in total. The lowest BCUT2D eigenvalue weighted by Gasteiger charge is -2.05. The first kappa shape index (κ1) is 12.9. The second-order valence-corrected chi connectivity index (χ2v) is 5.62. The van der Waals surface area contributed by atoms with E-state index in [-0.39, 0.29) is 5.82 Å². The second-order valence-electron chi connectivity index (χ2n) is 4.67. The molecule has 20 heavy (non-hydrogen) atoms. The molecule has 0 radical (unpaired) electrons. The van der Waals surface area contributed by atoms with Crippen molar-refractivity contribution in [3.63, 3.8) is 0 Å². The van der Waals surface area contributed by atoms with Gasteiger partial charge in [-0.05, 0) is 42.1 Å². The molecule has 2 aromatic heterocycles. The van der Waals surface area contributed by atoms with Crippen molar-refractivity contribution in [2.24, 2.45) is 7.05 Å². The van der Waals surface area contributed by atoms with Gasteiger partial charge in [-0.3, -0.25) is 4.68 Å². The number of aryl methyl sites for hydroxylation is 2. The average molecular weight is 287 g/mol. The summed E-state index contributed by atoms with van der Waals surface area (Å²) in [6, 6.07) is 8.71. The number of hydrogen-bond acceptors (Lipinski definition) is 3. The van der Waals surface area contributed by atoms with Gasteiger partial charge in [-0.1, -0.05) is 6.07 Å². The Labute approximate surface area is 120 Å². The maximum absolute atomic E-state index is 13.3. The first-order chi connectivity index (χ1) is 9.58. The van der Waals surface area contributed by atoms with Crippen LogP contribution in [0.5, 0.6) is 0 Å². The number of nitrogen functional groups attached to an aromatic ring is 1. The molecule has 3 rings (SSSR count). The van der Waals surface area contributed by atoms with Crippen molar-refractivity contribution in [3.8, 4) is 21.7 Å². The van der Waals surface area contributed by atoms with E-state index < -0.39 is 0 Å². The fourth-order valence-electron chi connectivity index (χ4n) is 2.28. The lowest BCUT2D eigenvalue weighted by molar-refractivity contribution is 0.627. The zero-order chi connectivity index (χ0) is 14.3. The molecule has 102 valence electrons. The number of rotatable bonds is 2. The highest BCUT2D eigenvalue weighted by molar-refractivity contribution is 7.13. The molecule has 3 aromatic rings. The highest BCUT2D eigenvalue weighted by atomic mass is 32.1. The molecule has 0 unspecified atom stereocenters. The molecule has 0 aliphatic heterocycles. The molecule has 2 N–H and O–H groups in total. The molecule has 0 atom stereocenters. The fourth-order valence-corrected chi connectivity index (χ4v) is 3.06. The van der Waals surface area contributed by atoms with Gasteiger partial charge >= 0.3 is 0 Å². The molecule has 0 saturated heterocycles. The molecule has 0 aliphatic carbocycles. The molecule has 0 aliphatic rings. The Bertz CT molecular complexity index is 760. The van der Waals surface area contributed by atoms with Crippen molar-refractivity contribution in [2.45, 2.75) is 6.92 Å². The van der Waals surface area contributed by atoms with Gasteiger partial charge in [0.2, 0.25) is 0 Å². The summed E-state index contributed by atoms with van der Waals surface area (Å²) in [6.45, 7) is 1.88. The van der Waals surface area contributed by atoms with Crippen LogP contribution >= 0.6 is 11.3 Å². The SMILES string of the molecule is Cc1cc(F)ccc1-c1nn(C)c(N)c1-c1cccs1. The number of benzene rings is 1. The van der Waals surface area contributed by atoms with E-state index >= 15 is 0 Å². The van der Waals surface area contributed by atoms with Gasteiger partial charge in [0, 0.05) is 17.5 Å². The van der Waals surface area contributed by atoms with E-state index in [1.54, 1.807) is 22.1 Å². The third kappa shape index (κ3) is 2.00. The van der Waals surface area contributed by atoms with Crippen LogP contribution in [0.25, 0.3) is 21.7 Å². The van der Waals surface area contributed by atoms with Gasteiger partial charge < -0.3 is 5.73 Å². The van der Waals surface area contributed by atoms with Crippen LogP contribution in [0.1, 0.15) is 5.56 Å². The number of nitrogens with zero attached hydrogens (tertiary/aromatic N) is 2. The summed E-state index contributed by atoms with van der Waals surface area (Å²) in [6.07, 6.45) is 0. The summed E-state index contributed by atoms with van der Waals surface area (Å²) in [4.78, 5) is 1.06. The molecule has 0 spiro atoms. The van der Waals surface area contributed by atoms with Gasteiger partial charge in [0.1, 0.15) is 17.3 Å². The minimum absolute atomic E-state index is 0.243. The maximum atomic E-state index is 13.3. The number of aromatic nitrogens is 2. The second kappa shape index (κ2) is 4.76. The third-order valence-electron chi connectivity index (χ3n) is 3.30. The number of anilines is 1. The summed E-state index contributed by atoms with van der Waals surface area (Å²) in [5.74, 6) is 0.374. The Morgan fingerprint density at radius 1 is 1.30 bits per heavy atom. The van der Waals surface area contributed by atoms with E-state index in [1.165, 1.54) is 12.1 Å². The standard InChI is InChI=1S/C15H14FN3S/c1-9-8-10(16)5-6-11(9)14-13(12-4-3-7-20-12)15(17)19(2)18-14/h3-8H,17H2,1-2H3. The zero-order valence-corrected chi connectivity index (χ0v) is 12.0. The monoisotopic (exact) mass is 287 g/mol. The lowest BCUT2D eigenvalue weighted by Crippen LogP contribution is -1.97. The molecule has 0 fully saturated rings. The van der Waals surface area contributed by atoms with Gasteiger partial charge in [-0.2, -0.15) is 5.10 Å². The predicted octanol–water partition coefficient (Wildman–Crippen LogP) is 3.85. The van der Waals surface area contributed by atoms with Crippen LogP contribution in [0.3, 0.4) is 0 Å². The largest absolute Gasteiger partial charge is 0.383 e. The van der Waals surface area contributed by atoms with Crippen LogP contribution in [-0.4, -0.2) is 9.78 Å². The van der Waals surface area contributed by atoms with Gasteiger partial charge in [0.05, 0.1) is 5.56 Å². The van der Waals surface area contributed by atoms with E-state index in [1.807, 2.05) is 31.5 Å². The summed E-state index contributed by atoms with van der Waals surface area (Å²) in [5, 5.41) is 6.51. The van der Waals surface area contributed by atoms with E-state index in [0.29, 0.717) is 5.82 Å². The van der Waals surface area contributed by atoms with Crippen LogP contribution in [0.2, 0.25) is 0 Å². The molecular weight excluding hydrogens is 273 g/mol. The van der Waals surface area contributed by atoms with Crippen molar-refractivity contribution >= 4 is 17.2 Å². The van der Waals surface area contributed by atoms with Crippen molar-refractivity contribution in [1.82, 2.24) is 9.78 Å². The van der Waals surface area contributed by atoms with Crippen molar-refractivity contribution in [2.75, 3.05) is 5.73 Å². The molecular formula is C15H14FN3S. The maximum Gasteiger partial charge on any atom is 0.130 e. The minimum atomic E-state index is -0.243. The number of hydrogen-bond donors (Lipinski definition) is 1. The van der Waals surface area contributed by atoms with Gasteiger partial charge in [-0.25, -0.2) is 4.39 Å². The Balaban J connectivity index is 2.27. The first-order valence-corrected chi connectivity index (χ1v) is 7.08. The third-order valence-corrected chi connectivity index (χ3v) is 4.19. The summed E-state index contributed by atoms with van der Waals surface area (Å²) in [5.41, 5.74) is 9.61. The van der Waals surface area contributed by atoms with Crippen molar-refractivity contribution in [3.05, 3.63) is 47.1 Å². The van der Waals surface area contributed by atoms with Crippen molar-refractivity contribution in [1.29, 1.82) is 0 Å². The summed E-state index contributed by atoms with van der Waals surface area (Å²) >= 11 is 1.61. The van der Waals surface area contributed by atoms with Gasteiger partial charge in [0.15, 0.2) is 0 Å². The predicted molar refractivity (Wildman–Crippen MR) is 81.1 cm³/mol. The summed E-state index contributed by atoms with van der Waals surface area (Å²) < 4.78 is 14.9. The first-order valence-electron chi connectivity index (χ1n) is 6.21. The molecule has 0 amide bonds. The average Bonchev–Trinajstić information content (AvgIpc) is 2.99. The highest BCUT2D eigenvalue weighted by Crippen LogP contribution is 2.39. The van der Waals surface area contributed by atoms with E-state index in [9.17, 15) is 4.39 Å². The highest BCUT2D eigenvalue weighted by Gasteiger charge is 2.19. The molecule has 1 aromatic carbocycles. The Morgan fingerprint density at radius 2 is 2.10 bits per heavy atom. The van der Waals surface area contributed by atoms with Gasteiger partial charge in [0.25, 0.3) is 0 Å².